The van der Waals surface area contributed by atoms with E-state index in [0.717, 1.165) is 23.3 Å². The van der Waals surface area contributed by atoms with Crippen LogP contribution < -0.4 is 20.7 Å². The van der Waals surface area contributed by atoms with E-state index in [1.165, 1.54) is 0 Å². The van der Waals surface area contributed by atoms with Gasteiger partial charge in [-0.25, -0.2) is 0 Å². The standard InChI is InChI=1S/C22H31N5O3.HI/c1-17-7-8-18(20(14-17)30-13-5-12-29-3)16-27-22(23-2)26-11-10-25-21(28)19-6-4-9-24-15-19;/h4,6-9,14-15H,5,10-13,16H2,1-3H3,(H,25,28)(H2,23,26,27);1H. The molecule has 0 spiro atoms. The van der Waals surface area contributed by atoms with Gasteiger partial charge in [0.05, 0.1) is 12.2 Å². The molecule has 2 aromatic rings. The van der Waals surface area contributed by atoms with Crippen LogP contribution in [0.4, 0.5) is 0 Å². The maximum atomic E-state index is 12.0. The third-order valence-corrected chi connectivity index (χ3v) is 4.27. The van der Waals surface area contributed by atoms with E-state index < -0.39 is 0 Å². The van der Waals surface area contributed by atoms with E-state index in [-0.39, 0.29) is 29.9 Å². The number of aryl methyl sites for hydroxylation is 1. The molecule has 170 valence electrons. The number of nitrogens with one attached hydrogen (secondary N) is 3. The number of aromatic nitrogens is 1. The predicted molar refractivity (Wildman–Crippen MR) is 133 cm³/mol. The van der Waals surface area contributed by atoms with Crippen LogP contribution in [0, 0.1) is 6.92 Å². The Morgan fingerprint density at radius 2 is 1.94 bits per heavy atom. The molecule has 0 aliphatic heterocycles. The van der Waals surface area contributed by atoms with Gasteiger partial charge in [-0.1, -0.05) is 12.1 Å². The van der Waals surface area contributed by atoms with Crippen LogP contribution in [0.25, 0.3) is 0 Å². The summed E-state index contributed by atoms with van der Waals surface area (Å²) in [5.41, 5.74) is 2.73. The molecule has 1 aromatic carbocycles. The van der Waals surface area contributed by atoms with Crippen molar-refractivity contribution in [3.63, 3.8) is 0 Å². The molecular weight excluding hydrogens is 509 g/mol. The van der Waals surface area contributed by atoms with Gasteiger partial charge in [-0.05, 0) is 30.7 Å². The summed E-state index contributed by atoms with van der Waals surface area (Å²) in [5.74, 6) is 1.36. The van der Waals surface area contributed by atoms with Crippen LogP contribution in [-0.2, 0) is 11.3 Å². The number of hydrogen-bond acceptors (Lipinski definition) is 5. The van der Waals surface area contributed by atoms with E-state index in [9.17, 15) is 4.79 Å². The summed E-state index contributed by atoms with van der Waals surface area (Å²) in [7, 11) is 3.39. The first-order chi connectivity index (χ1) is 14.6. The second-order valence-electron chi connectivity index (χ2n) is 6.66. The van der Waals surface area contributed by atoms with Crippen LogP contribution in [-0.4, -0.2) is 57.3 Å². The number of halogens is 1. The maximum absolute atomic E-state index is 12.0. The molecule has 0 bridgehead atoms. The summed E-state index contributed by atoms with van der Waals surface area (Å²) in [6, 6.07) is 9.61. The lowest BCUT2D eigenvalue weighted by atomic mass is 10.1. The number of nitrogens with zero attached hydrogens (tertiary/aromatic N) is 2. The molecule has 0 radical (unpaired) electrons. The van der Waals surface area contributed by atoms with Crippen LogP contribution >= 0.6 is 24.0 Å². The number of aliphatic imine (C=N–C) groups is 1. The highest BCUT2D eigenvalue weighted by molar-refractivity contribution is 14.0. The van der Waals surface area contributed by atoms with E-state index in [1.807, 2.05) is 13.0 Å². The highest BCUT2D eigenvalue weighted by atomic mass is 127. The van der Waals surface area contributed by atoms with Crippen molar-refractivity contribution < 1.29 is 14.3 Å². The number of hydrogen-bond donors (Lipinski definition) is 3. The van der Waals surface area contributed by atoms with E-state index in [0.29, 0.717) is 44.4 Å². The zero-order chi connectivity index (χ0) is 21.6. The van der Waals surface area contributed by atoms with Gasteiger partial charge in [0, 0.05) is 64.8 Å². The molecule has 9 heteroatoms. The lowest BCUT2D eigenvalue weighted by molar-refractivity contribution is 0.0954. The molecule has 1 aromatic heterocycles. The molecule has 31 heavy (non-hydrogen) atoms. The number of carbonyl (C=O) groups excluding carboxylic acids is 1. The van der Waals surface area contributed by atoms with Crippen molar-refractivity contribution in [2.24, 2.45) is 4.99 Å². The van der Waals surface area contributed by atoms with Gasteiger partial charge in [-0.2, -0.15) is 0 Å². The Labute approximate surface area is 201 Å². The number of carbonyl (C=O) groups is 1. The topological polar surface area (TPSA) is 96.9 Å². The quantitative estimate of drug-likeness (QED) is 0.175. The average molecular weight is 541 g/mol. The fourth-order valence-electron chi connectivity index (χ4n) is 2.68. The third-order valence-electron chi connectivity index (χ3n) is 4.27. The highest BCUT2D eigenvalue weighted by Crippen LogP contribution is 2.20. The van der Waals surface area contributed by atoms with Crippen molar-refractivity contribution in [2.45, 2.75) is 19.9 Å². The monoisotopic (exact) mass is 541 g/mol. The van der Waals surface area contributed by atoms with Gasteiger partial charge in [0.2, 0.25) is 0 Å². The minimum absolute atomic E-state index is 0. The summed E-state index contributed by atoms with van der Waals surface area (Å²) in [6.45, 7) is 4.90. The molecule has 0 saturated heterocycles. The maximum Gasteiger partial charge on any atom is 0.252 e. The van der Waals surface area contributed by atoms with Crippen molar-refractivity contribution in [2.75, 3.05) is 40.5 Å². The van der Waals surface area contributed by atoms with Crippen LogP contribution in [0.1, 0.15) is 27.9 Å². The molecule has 0 atom stereocenters. The van der Waals surface area contributed by atoms with Crippen molar-refractivity contribution in [1.29, 1.82) is 0 Å². The van der Waals surface area contributed by atoms with E-state index >= 15 is 0 Å². The molecule has 0 aliphatic rings. The van der Waals surface area contributed by atoms with Gasteiger partial charge in [-0.15, -0.1) is 24.0 Å². The highest BCUT2D eigenvalue weighted by Gasteiger charge is 2.07. The van der Waals surface area contributed by atoms with Crippen LogP contribution in [0.5, 0.6) is 5.75 Å². The van der Waals surface area contributed by atoms with Gasteiger partial charge in [0.25, 0.3) is 5.91 Å². The van der Waals surface area contributed by atoms with E-state index in [4.69, 9.17) is 9.47 Å². The molecule has 1 amide bonds. The Morgan fingerprint density at radius 3 is 2.65 bits per heavy atom. The Hall–Kier alpha value is -2.40. The number of rotatable bonds is 11. The summed E-state index contributed by atoms with van der Waals surface area (Å²) in [5, 5.41) is 9.31. The number of ether oxygens (including phenoxy) is 2. The normalized spacial score (nSPS) is 10.7. The SMILES string of the molecule is CN=C(NCCNC(=O)c1cccnc1)NCc1ccc(C)cc1OCCCOC.I. The molecule has 3 N–H and O–H groups in total. The van der Waals surface area contributed by atoms with Crippen molar-refractivity contribution in [3.05, 3.63) is 59.4 Å². The number of pyridine rings is 1. The Balaban J connectivity index is 0.00000480. The Bertz CT molecular complexity index is 818. The first-order valence-electron chi connectivity index (χ1n) is 9.98. The molecule has 0 fully saturated rings. The summed E-state index contributed by atoms with van der Waals surface area (Å²) in [4.78, 5) is 20.2. The minimum Gasteiger partial charge on any atom is -0.493 e. The van der Waals surface area contributed by atoms with Crippen LogP contribution in [0.15, 0.2) is 47.7 Å². The minimum atomic E-state index is -0.150. The zero-order valence-electron chi connectivity index (χ0n) is 18.3. The van der Waals surface area contributed by atoms with Crippen molar-refractivity contribution in [1.82, 2.24) is 20.9 Å². The van der Waals surface area contributed by atoms with Crippen LogP contribution in [0.3, 0.4) is 0 Å². The summed E-state index contributed by atoms with van der Waals surface area (Å²) in [6.07, 6.45) is 4.02. The second-order valence-corrected chi connectivity index (χ2v) is 6.66. The smallest absolute Gasteiger partial charge is 0.252 e. The average Bonchev–Trinajstić information content (AvgIpc) is 2.77. The largest absolute Gasteiger partial charge is 0.493 e. The van der Waals surface area contributed by atoms with Crippen molar-refractivity contribution >= 4 is 35.8 Å². The van der Waals surface area contributed by atoms with E-state index in [1.54, 1.807) is 38.7 Å². The van der Waals surface area contributed by atoms with Crippen molar-refractivity contribution in [3.8, 4) is 5.75 Å². The zero-order valence-corrected chi connectivity index (χ0v) is 20.6. The molecule has 1 heterocycles. The molecule has 0 unspecified atom stereocenters. The number of guanidine groups is 1. The first kappa shape index (κ1) is 26.6. The first-order valence-corrected chi connectivity index (χ1v) is 9.98. The van der Waals surface area contributed by atoms with Gasteiger partial charge < -0.3 is 25.4 Å². The van der Waals surface area contributed by atoms with Gasteiger partial charge in [0.15, 0.2) is 5.96 Å². The Morgan fingerprint density at radius 1 is 1.13 bits per heavy atom. The summed E-state index contributed by atoms with van der Waals surface area (Å²) >= 11 is 0. The van der Waals surface area contributed by atoms with E-state index in [2.05, 4.69) is 38.1 Å². The second kappa shape index (κ2) is 15.4. The fraction of sp³-hybridized carbons (Fsp3) is 0.409. The third kappa shape index (κ3) is 9.97. The number of benzene rings is 1. The molecule has 2 rings (SSSR count). The lowest BCUT2D eigenvalue weighted by Crippen LogP contribution is -2.41. The molecule has 8 nitrogen and oxygen atoms in total. The molecule has 0 aliphatic carbocycles. The predicted octanol–water partition coefficient (Wildman–Crippen LogP) is 2.52. The summed E-state index contributed by atoms with van der Waals surface area (Å²) < 4.78 is 11.0. The molecular formula is C22H32IN5O3. The van der Waals surface area contributed by atoms with Gasteiger partial charge in [0.1, 0.15) is 5.75 Å². The van der Waals surface area contributed by atoms with Gasteiger partial charge in [-0.3, -0.25) is 14.8 Å². The lowest BCUT2D eigenvalue weighted by Gasteiger charge is -2.15. The fourth-order valence-corrected chi connectivity index (χ4v) is 2.68. The van der Waals surface area contributed by atoms with Gasteiger partial charge >= 0.3 is 0 Å². The Kier molecular flexibility index (Phi) is 13.2. The number of methoxy groups -OCH3 is 1. The van der Waals surface area contributed by atoms with Crippen LogP contribution in [0.2, 0.25) is 0 Å². The molecule has 0 saturated carbocycles. The number of amides is 1.